The number of rotatable bonds is 2. The van der Waals surface area contributed by atoms with E-state index in [0.29, 0.717) is 18.9 Å². The molecule has 2 atom stereocenters. The van der Waals surface area contributed by atoms with Crippen LogP contribution in [-0.4, -0.2) is 36.1 Å². The van der Waals surface area contributed by atoms with Gasteiger partial charge in [-0.25, -0.2) is 9.78 Å². The molecule has 0 N–H and O–H groups in total. The van der Waals surface area contributed by atoms with Gasteiger partial charge in [-0.05, 0) is 31.4 Å². The highest BCUT2D eigenvalue weighted by Crippen LogP contribution is 2.37. The minimum Gasteiger partial charge on any atom is -0.452 e. The first kappa shape index (κ1) is 12.6. The van der Waals surface area contributed by atoms with Crippen LogP contribution in [0.25, 0.3) is 0 Å². The zero-order valence-electron chi connectivity index (χ0n) is 10.7. The van der Waals surface area contributed by atoms with Gasteiger partial charge in [0, 0.05) is 12.6 Å². The topological polar surface area (TPSA) is 57.7 Å². The van der Waals surface area contributed by atoms with E-state index >= 15 is 0 Å². The van der Waals surface area contributed by atoms with Crippen molar-refractivity contribution in [1.82, 2.24) is 4.98 Å². The molecule has 2 fully saturated rings. The second-order valence-electron chi connectivity index (χ2n) is 4.86. The number of hydrogen-bond donors (Lipinski definition) is 0. The summed E-state index contributed by atoms with van der Waals surface area (Å²) in [6.45, 7) is 1.33. The van der Waals surface area contributed by atoms with Gasteiger partial charge in [0.25, 0.3) is 0 Å². The van der Waals surface area contributed by atoms with Crippen molar-refractivity contribution in [3.05, 3.63) is 30.1 Å². The van der Waals surface area contributed by atoms with Crippen LogP contribution in [0, 0.1) is 0 Å². The normalized spacial score (nSPS) is 30.4. The molecule has 2 unspecified atom stereocenters. The van der Waals surface area contributed by atoms with Crippen LogP contribution in [0.1, 0.15) is 36.2 Å². The third kappa shape index (κ3) is 2.48. The summed E-state index contributed by atoms with van der Waals surface area (Å²) in [5.74, 6) is -1.13. The molecule has 3 heterocycles. The monoisotopic (exact) mass is 263 g/mol. The average molecular weight is 263 g/mol. The summed E-state index contributed by atoms with van der Waals surface area (Å²) in [6, 6.07) is 5.18. The highest BCUT2D eigenvalue weighted by Gasteiger charge is 2.48. The molecular formula is C14H17NO4. The molecule has 0 aromatic carbocycles. The lowest BCUT2D eigenvalue weighted by Gasteiger charge is -2.39. The van der Waals surface area contributed by atoms with Gasteiger partial charge in [-0.1, -0.05) is 6.07 Å². The van der Waals surface area contributed by atoms with E-state index in [4.69, 9.17) is 14.2 Å². The maximum atomic E-state index is 12.1. The minimum absolute atomic E-state index is 0.321. The lowest BCUT2D eigenvalue weighted by molar-refractivity contribution is -0.277. The molecule has 3 rings (SSSR count). The molecule has 1 aromatic heterocycles. The fraction of sp³-hybridized carbons (Fsp3) is 0.571. The number of aromatic nitrogens is 1. The Hall–Kier alpha value is -1.46. The van der Waals surface area contributed by atoms with E-state index in [0.717, 1.165) is 25.7 Å². The van der Waals surface area contributed by atoms with Crippen LogP contribution in [0.3, 0.4) is 0 Å². The van der Waals surface area contributed by atoms with Gasteiger partial charge in [0.05, 0.1) is 13.2 Å². The number of hydrogen-bond acceptors (Lipinski definition) is 5. The summed E-state index contributed by atoms with van der Waals surface area (Å²) < 4.78 is 17.0. The molecule has 2 aliphatic heterocycles. The van der Waals surface area contributed by atoms with Crippen molar-refractivity contribution >= 4 is 5.97 Å². The van der Waals surface area contributed by atoms with Crippen LogP contribution in [0.2, 0.25) is 0 Å². The summed E-state index contributed by atoms with van der Waals surface area (Å²) in [5, 5.41) is 0. The number of esters is 1. The first-order valence-corrected chi connectivity index (χ1v) is 6.70. The standard InChI is InChI=1S/C14H17NO4/c16-13(11-5-1-2-8-15-11)19-12-6-3-9-17-14(12)7-4-10-18-14/h1-2,5,8,12H,3-4,6-7,9-10H2. The number of ether oxygens (including phenoxy) is 3. The Morgan fingerprint density at radius 1 is 1.32 bits per heavy atom. The SMILES string of the molecule is O=C(OC1CCCOC12CCCO2)c1ccccn1. The highest BCUT2D eigenvalue weighted by molar-refractivity contribution is 5.87. The Morgan fingerprint density at radius 3 is 2.89 bits per heavy atom. The second-order valence-corrected chi connectivity index (χ2v) is 4.86. The van der Waals surface area contributed by atoms with Crippen LogP contribution < -0.4 is 0 Å². The van der Waals surface area contributed by atoms with Crippen molar-refractivity contribution in [1.29, 1.82) is 0 Å². The quantitative estimate of drug-likeness (QED) is 0.763. The smallest absolute Gasteiger partial charge is 0.357 e. The van der Waals surface area contributed by atoms with E-state index in [-0.39, 0.29) is 6.10 Å². The van der Waals surface area contributed by atoms with Gasteiger partial charge in [0.15, 0.2) is 6.10 Å². The van der Waals surface area contributed by atoms with Crippen LogP contribution in [0.5, 0.6) is 0 Å². The predicted molar refractivity (Wildman–Crippen MR) is 66.5 cm³/mol. The van der Waals surface area contributed by atoms with E-state index in [9.17, 15) is 4.79 Å². The van der Waals surface area contributed by atoms with E-state index in [2.05, 4.69) is 4.98 Å². The number of carbonyl (C=O) groups is 1. The number of nitrogens with zero attached hydrogens (tertiary/aromatic N) is 1. The van der Waals surface area contributed by atoms with Gasteiger partial charge < -0.3 is 14.2 Å². The molecule has 1 aromatic rings. The Morgan fingerprint density at radius 2 is 2.16 bits per heavy atom. The van der Waals surface area contributed by atoms with Gasteiger partial charge >= 0.3 is 5.97 Å². The molecule has 5 nitrogen and oxygen atoms in total. The molecule has 0 bridgehead atoms. The molecular weight excluding hydrogens is 246 g/mol. The summed E-state index contributed by atoms with van der Waals surface area (Å²) in [6.07, 6.45) is 4.63. The summed E-state index contributed by atoms with van der Waals surface area (Å²) in [5.41, 5.74) is 0.321. The van der Waals surface area contributed by atoms with E-state index in [1.807, 2.05) is 0 Å². The van der Waals surface area contributed by atoms with Crippen molar-refractivity contribution in [2.24, 2.45) is 0 Å². The van der Waals surface area contributed by atoms with Gasteiger partial charge in [0.1, 0.15) is 5.69 Å². The Labute approximate surface area is 111 Å². The van der Waals surface area contributed by atoms with Gasteiger partial charge in [-0.3, -0.25) is 0 Å². The van der Waals surface area contributed by atoms with Crippen molar-refractivity contribution < 1.29 is 19.0 Å². The van der Waals surface area contributed by atoms with E-state index in [1.165, 1.54) is 0 Å². The molecule has 0 saturated carbocycles. The Balaban J connectivity index is 1.72. The van der Waals surface area contributed by atoms with Crippen molar-refractivity contribution in [2.75, 3.05) is 13.2 Å². The zero-order chi connectivity index (χ0) is 13.1. The fourth-order valence-electron chi connectivity index (χ4n) is 2.65. The maximum Gasteiger partial charge on any atom is 0.357 e. The molecule has 2 saturated heterocycles. The Kier molecular flexibility index (Phi) is 3.48. The third-order valence-electron chi connectivity index (χ3n) is 3.59. The molecule has 1 spiro atoms. The fourth-order valence-corrected chi connectivity index (χ4v) is 2.65. The molecule has 0 amide bonds. The van der Waals surface area contributed by atoms with E-state index in [1.54, 1.807) is 24.4 Å². The minimum atomic E-state index is -0.720. The van der Waals surface area contributed by atoms with Crippen LogP contribution in [-0.2, 0) is 14.2 Å². The first-order chi connectivity index (χ1) is 9.30. The number of pyridine rings is 1. The van der Waals surface area contributed by atoms with Crippen molar-refractivity contribution in [3.63, 3.8) is 0 Å². The second kappa shape index (κ2) is 5.27. The lowest BCUT2D eigenvalue weighted by atomic mass is 9.99. The molecule has 2 aliphatic rings. The average Bonchev–Trinajstić information content (AvgIpc) is 2.92. The molecule has 19 heavy (non-hydrogen) atoms. The highest BCUT2D eigenvalue weighted by atomic mass is 16.7. The van der Waals surface area contributed by atoms with Crippen molar-refractivity contribution in [3.8, 4) is 0 Å². The first-order valence-electron chi connectivity index (χ1n) is 6.70. The summed E-state index contributed by atoms with van der Waals surface area (Å²) in [7, 11) is 0. The number of carbonyl (C=O) groups excluding carboxylic acids is 1. The predicted octanol–water partition coefficient (Wildman–Crippen LogP) is 1.92. The van der Waals surface area contributed by atoms with Crippen LogP contribution >= 0.6 is 0 Å². The maximum absolute atomic E-state index is 12.1. The molecule has 102 valence electrons. The van der Waals surface area contributed by atoms with Crippen molar-refractivity contribution in [2.45, 2.75) is 37.6 Å². The lowest BCUT2D eigenvalue weighted by Crippen LogP contribution is -2.50. The van der Waals surface area contributed by atoms with Crippen LogP contribution in [0.15, 0.2) is 24.4 Å². The molecule has 0 aliphatic carbocycles. The summed E-state index contributed by atoms with van der Waals surface area (Å²) >= 11 is 0. The van der Waals surface area contributed by atoms with E-state index < -0.39 is 11.8 Å². The van der Waals surface area contributed by atoms with Gasteiger partial charge in [-0.2, -0.15) is 0 Å². The van der Waals surface area contributed by atoms with Crippen LogP contribution in [0.4, 0.5) is 0 Å². The zero-order valence-corrected chi connectivity index (χ0v) is 10.7. The van der Waals surface area contributed by atoms with Gasteiger partial charge in [0.2, 0.25) is 5.79 Å². The summed E-state index contributed by atoms with van der Waals surface area (Å²) in [4.78, 5) is 16.1. The molecule has 0 radical (unpaired) electrons. The Bertz CT molecular complexity index is 442. The van der Waals surface area contributed by atoms with Gasteiger partial charge in [-0.15, -0.1) is 0 Å². The molecule has 5 heteroatoms. The largest absolute Gasteiger partial charge is 0.452 e. The third-order valence-corrected chi connectivity index (χ3v) is 3.59.